The van der Waals surface area contributed by atoms with Crippen LogP contribution in [0.15, 0.2) is 59.5 Å². The van der Waals surface area contributed by atoms with Gasteiger partial charge in [0.2, 0.25) is 0 Å². The molecule has 0 heterocycles. The van der Waals surface area contributed by atoms with Crippen molar-refractivity contribution in [1.29, 1.82) is 0 Å². The van der Waals surface area contributed by atoms with E-state index in [2.05, 4.69) is 0 Å². The normalized spacial score (nSPS) is 15.5. The van der Waals surface area contributed by atoms with E-state index in [4.69, 9.17) is 4.74 Å². The molecule has 6 heteroatoms. The maximum absolute atomic E-state index is 13.0. The molecule has 1 aliphatic carbocycles. The number of anilines is 1. The summed E-state index contributed by atoms with van der Waals surface area (Å²) >= 11 is 0. The Morgan fingerprint density at radius 3 is 2.34 bits per heavy atom. The van der Waals surface area contributed by atoms with Gasteiger partial charge in [0.15, 0.2) is 6.61 Å². The predicted molar refractivity (Wildman–Crippen MR) is 114 cm³/mol. The van der Waals surface area contributed by atoms with Gasteiger partial charge in [-0.2, -0.15) is 0 Å². The van der Waals surface area contributed by atoms with Crippen molar-refractivity contribution in [3.63, 3.8) is 0 Å². The minimum Gasteiger partial charge on any atom is -0.452 e. The number of hydrogen-bond donors (Lipinski definition) is 0. The molecule has 0 radical (unpaired) electrons. The van der Waals surface area contributed by atoms with Crippen molar-refractivity contribution in [2.45, 2.75) is 50.0 Å². The zero-order valence-electron chi connectivity index (χ0n) is 16.7. The molecule has 0 N–H and O–H groups in total. The van der Waals surface area contributed by atoms with E-state index in [1.807, 2.05) is 30.3 Å². The summed E-state index contributed by atoms with van der Waals surface area (Å²) < 4.78 is 17.6. The second-order valence-electron chi connectivity index (χ2n) is 7.10. The van der Waals surface area contributed by atoms with Crippen molar-refractivity contribution in [3.05, 3.63) is 60.2 Å². The maximum Gasteiger partial charge on any atom is 0.339 e. The predicted octanol–water partition coefficient (Wildman–Crippen LogP) is 4.34. The van der Waals surface area contributed by atoms with Gasteiger partial charge in [0.05, 0.1) is 21.3 Å². The number of esters is 1. The second-order valence-corrected chi connectivity index (χ2v) is 8.81. The lowest BCUT2D eigenvalue weighted by atomic mass is 9.93. The second kappa shape index (κ2) is 10.3. The number of hydrogen-bond acceptors (Lipinski definition) is 4. The van der Waals surface area contributed by atoms with Gasteiger partial charge in [-0.3, -0.25) is 9.00 Å². The van der Waals surface area contributed by atoms with Crippen LogP contribution in [0.1, 0.15) is 49.4 Å². The van der Waals surface area contributed by atoms with Crippen LogP contribution in [0.3, 0.4) is 0 Å². The van der Waals surface area contributed by atoms with Gasteiger partial charge < -0.3 is 9.64 Å². The molecule has 0 unspecified atom stereocenters. The highest BCUT2D eigenvalue weighted by Gasteiger charge is 2.28. The van der Waals surface area contributed by atoms with E-state index in [1.165, 1.54) is 6.42 Å². The molecule has 3 rings (SSSR count). The molecule has 2 aromatic carbocycles. The van der Waals surface area contributed by atoms with E-state index in [0.717, 1.165) is 31.4 Å². The summed E-state index contributed by atoms with van der Waals surface area (Å²) in [7, 11) is -1.28. The molecule has 1 fully saturated rings. The summed E-state index contributed by atoms with van der Waals surface area (Å²) in [4.78, 5) is 27.9. The summed E-state index contributed by atoms with van der Waals surface area (Å²) in [6.45, 7) is 1.46. The number of rotatable bonds is 7. The molecule has 0 bridgehead atoms. The first-order valence-electron chi connectivity index (χ1n) is 10.1. The average Bonchev–Trinajstić information content (AvgIpc) is 2.78. The van der Waals surface area contributed by atoms with Crippen molar-refractivity contribution in [3.8, 4) is 0 Å². The van der Waals surface area contributed by atoms with Crippen LogP contribution in [0.5, 0.6) is 0 Å². The minimum atomic E-state index is -1.28. The first-order valence-corrected chi connectivity index (χ1v) is 11.5. The zero-order valence-corrected chi connectivity index (χ0v) is 17.5. The molecule has 1 aliphatic rings. The van der Waals surface area contributed by atoms with Crippen molar-refractivity contribution in [2.24, 2.45) is 0 Å². The van der Waals surface area contributed by atoms with Crippen LogP contribution in [0.25, 0.3) is 0 Å². The van der Waals surface area contributed by atoms with Gasteiger partial charge in [-0.05, 0) is 37.1 Å². The van der Waals surface area contributed by atoms with E-state index < -0.39 is 16.8 Å². The van der Waals surface area contributed by atoms with E-state index in [0.29, 0.717) is 10.6 Å². The van der Waals surface area contributed by atoms with Crippen LogP contribution in [-0.4, -0.2) is 34.5 Å². The lowest BCUT2D eigenvalue weighted by Gasteiger charge is -2.34. The number of amides is 1. The lowest BCUT2D eigenvalue weighted by Crippen LogP contribution is -2.43. The third kappa shape index (κ3) is 5.32. The Morgan fingerprint density at radius 2 is 1.66 bits per heavy atom. The standard InChI is InChI=1S/C23H27NO4S/c1-2-29(27)21-16-10-9-15-20(21)23(26)28-17-22(25)24(18-11-5-3-6-12-18)19-13-7-4-8-14-19/h3,5-6,9-12,15-16,19H,2,4,7-8,13-14,17H2,1H3/t29-/m1/s1. The lowest BCUT2D eigenvalue weighted by molar-refractivity contribution is -0.122. The molecule has 2 aromatic rings. The van der Waals surface area contributed by atoms with Crippen LogP contribution < -0.4 is 4.90 Å². The van der Waals surface area contributed by atoms with Crippen molar-refractivity contribution < 1.29 is 18.5 Å². The van der Waals surface area contributed by atoms with Crippen LogP contribution in [0.2, 0.25) is 0 Å². The number of carbonyl (C=O) groups excluding carboxylic acids is 2. The summed E-state index contributed by atoms with van der Waals surface area (Å²) in [6.07, 6.45) is 5.28. The summed E-state index contributed by atoms with van der Waals surface area (Å²) in [5, 5.41) is 0. The third-order valence-electron chi connectivity index (χ3n) is 5.18. The Hall–Kier alpha value is -2.47. The fourth-order valence-electron chi connectivity index (χ4n) is 3.75. The van der Waals surface area contributed by atoms with Gasteiger partial charge in [0.1, 0.15) is 0 Å². The molecule has 1 amide bonds. The van der Waals surface area contributed by atoms with Gasteiger partial charge in [-0.25, -0.2) is 4.79 Å². The minimum absolute atomic E-state index is 0.122. The van der Waals surface area contributed by atoms with Crippen LogP contribution in [0, 0.1) is 0 Å². The number of carbonyl (C=O) groups is 2. The molecule has 0 aromatic heterocycles. The van der Waals surface area contributed by atoms with Crippen LogP contribution in [0.4, 0.5) is 5.69 Å². The number of nitrogens with zero attached hydrogens (tertiary/aromatic N) is 1. The Labute approximate surface area is 174 Å². The summed E-state index contributed by atoms with van der Waals surface area (Å²) in [6, 6.07) is 16.4. The molecule has 0 aliphatic heterocycles. The zero-order chi connectivity index (χ0) is 20.6. The number of para-hydroxylation sites is 1. The molecule has 154 valence electrons. The van der Waals surface area contributed by atoms with Gasteiger partial charge in [-0.15, -0.1) is 0 Å². The van der Waals surface area contributed by atoms with Crippen molar-refractivity contribution in [1.82, 2.24) is 0 Å². The fraction of sp³-hybridized carbons (Fsp3) is 0.391. The smallest absolute Gasteiger partial charge is 0.339 e. The molecular weight excluding hydrogens is 386 g/mol. The first kappa shape index (κ1) is 21.2. The van der Waals surface area contributed by atoms with Gasteiger partial charge >= 0.3 is 5.97 Å². The van der Waals surface area contributed by atoms with Crippen LogP contribution in [-0.2, 0) is 20.3 Å². The number of benzene rings is 2. The molecule has 5 nitrogen and oxygen atoms in total. The molecule has 29 heavy (non-hydrogen) atoms. The maximum atomic E-state index is 13.0. The highest BCUT2D eigenvalue weighted by Crippen LogP contribution is 2.27. The SMILES string of the molecule is CC[S@@](=O)c1ccccc1C(=O)OCC(=O)N(c1ccccc1)C1CCCCC1. The monoisotopic (exact) mass is 413 g/mol. The van der Waals surface area contributed by atoms with Gasteiger partial charge in [0, 0.05) is 17.5 Å². The average molecular weight is 414 g/mol. The van der Waals surface area contributed by atoms with E-state index in [1.54, 1.807) is 36.1 Å². The van der Waals surface area contributed by atoms with Gasteiger partial charge in [0.25, 0.3) is 5.91 Å². The van der Waals surface area contributed by atoms with E-state index >= 15 is 0 Å². The number of ether oxygens (including phenoxy) is 1. The summed E-state index contributed by atoms with van der Waals surface area (Å²) in [5.74, 6) is -0.440. The Bertz CT molecular complexity index is 862. The Morgan fingerprint density at radius 1 is 1.00 bits per heavy atom. The van der Waals surface area contributed by atoms with Crippen molar-refractivity contribution in [2.75, 3.05) is 17.3 Å². The summed E-state index contributed by atoms with van der Waals surface area (Å²) in [5.41, 5.74) is 1.08. The molecule has 1 saturated carbocycles. The largest absolute Gasteiger partial charge is 0.452 e. The molecular formula is C23H27NO4S. The van der Waals surface area contributed by atoms with Gasteiger partial charge in [-0.1, -0.05) is 56.5 Å². The highest BCUT2D eigenvalue weighted by molar-refractivity contribution is 7.85. The molecule has 0 saturated heterocycles. The van der Waals surface area contributed by atoms with E-state index in [9.17, 15) is 13.8 Å². The third-order valence-corrected chi connectivity index (χ3v) is 6.56. The quantitative estimate of drug-likeness (QED) is 0.634. The fourth-order valence-corrected chi connectivity index (χ4v) is 4.69. The highest BCUT2D eigenvalue weighted by atomic mass is 32.2. The van der Waals surface area contributed by atoms with Crippen LogP contribution >= 0.6 is 0 Å². The molecule has 0 spiro atoms. The Balaban J connectivity index is 1.74. The first-order chi connectivity index (χ1) is 14.1. The van der Waals surface area contributed by atoms with E-state index in [-0.39, 0.29) is 24.1 Å². The topological polar surface area (TPSA) is 63.7 Å². The Kier molecular flexibility index (Phi) is 7.58. The van der Waals surface area contributed by atoms with Crippen molar-refractivity contribution >= 4 is 28.4 Å². The molecule has 1 atom stereocenters.